The van der Waals surface area contributed by atoms with Crippen molar-refractivity contribution < 1.29 is 9.59 Å². The normalized spacial score (nSPS) is 18.4. The van der Waals surface area contributed by atoms with Crippen molar-refractivity contribution in [2.45, 2.75) is 31.6 Å². The fourth-order valence-electron chi connectivity index (χ4n) is 4.13. The number of anilines is 1. The molecule has 5 rings (SSSR count). The van der Waals surface area contributed by atoms with Gasteiger partial charge in [-0.1, -0.05) is 48.5 Å². The van der Waals surface area contributed by atoms with Crippen LogP contribution in [0.3, 0.4) is 0 Å². The number of carbonyl (C=O) groups excluding carboxylic acids is 2. The van der Waals surface area contributed by atoms with Crippen molar-refractivity contribution in [3.63, 3.8) is 0 Å². The van der Waals surface area contributed by atoms with Crippen molar-refractivity contribution >= 4 is 17.6 Å². The smallest absolute Gasteiger partial charge is 0.230 e. The third-order valence-corrected chi connectivity index (χ3v) is 6.07. The van der Waals surface area contributed by atoms with Gasteiger partial charge in [0.05, 0.1) is 17.3 Å². The van der Waals surface area contributed by atoms with E-state index in [2.05, 4.69) is 17.4 Å². The van der Waals surface area contributed by atoms with Crippen LogP contribution in [0.1, 0.15) is 36.4 Å². The second kappa shape index (κ2) is 8.38. The number of hydrogen-bond acceptors (Lipinski definition) is 3. The molecule has 1 saturated carbocycles. The van der Waals surface area contributed by atoms with Gasteiger partial charge in [-0.25, -0.2) is 4.68 Å². The minimum atomic E-state index is -0.341. The minimum absolute atomic E-state index is 0.0475. The van der Waals surface area contributed by atoms with Gasteiger partial charge in [0, 0.05) is 31.5 Å². The fraction of sp³-hybridized carbons (Fsp3) is 0.320. The summed E-state index contributed by atoms with van der Waals surface area (Å²) < 4.78 is 1.80. The summed E-state index contributed by atoms with van der Waals surface area (Å²) >= 11 is 0. The molecule has 6 heteroatoms. The molecule has 0 bridgehead atoms. The van der Waals surface area contributed by atoms with Gasteiger partial charge in [0.25, 0.3) is 0 Å². The predicted octanol–water partition coefficient (Wildman–Crippen LogP) is 3.78. The van der Waals surface area contributed by atoms with Crippen LogP contribution in [0.5, 0.6) is 0 Å². The van der Waals surface area contributed by atoms with E-state index in [1.807, 2.05) is 54.6 Å². The Balaban J connectivity index is 1.27. The summed E-state index contributed by atoms with van der Waals surface area (Å²) in [4.78, 5) is 27.3. The molecule has 3 aromatic rings. The number of benzene rings is 2. The van der Waals surface area contributed by atoms with Crippen molar-refractivity contribution in [2.75, 3.05) is 18.4 Å². The van der Waals surface area contributed by atoms with Crippen molar-refractivity contribution in [3.05, 3.63) is 78.0 Å². The number of hydrogen-bond donors (Lipinski definition) is 1. The molecule has 1 N–H and O–H groups in total. The lowest BCUT2D eigenvalue weighted by Crippen LogP contribution is -2.30. The number of carbonyl (C=O) groups is 2. The SMILES string of the molecule is O=C(Nc1cc(C2CC2)nn1-c1ccccc1)C1CC(=O)N(CCc2ccccc2)C1. The van der Waals surface area contributed by atoms with E-state index in [0.29, 0.717) is 24.8 Å². The maximum absolute atomic E-state index is 13.0. The Kier molecular flexibility index (Phi) is 5.28. The maximum Gasteiger partial charge on any atom is 0.230 e. The van der Waals surface area contributed by atoms with E-state index >= 15 is 0 Å². The lowest BCUT2D eigenvalue weighted by molar-refractivity contribution is -0.128. The second-order valence-electron chi connectivity index (χ2n) is 8.44. The zero-order valence-corrected chi connectivity index (χ0v) is 17.4. The van der Waals surface area contributed by atoms with E-state index in [1.54, 1.807) is 9.58 Å². The van der Waals surface area contributed by atoms with Gasteiger partial charge in [-0.05, 0) is 37.0 Å². The lowest BCUT2D eigenvalue weighted by atomic mass is 10.1. The van der Waals surface area contributed by atoms with E-state index in [0.717, 1.165) is 30.6 Å². The molecule has 1 aliphatic heterocycles. The Morgan fingerprint density at radius 1 is 1.03 bits per heavy atom. The first-order valence-electron chi connectivity index (χ1n) is 11.0. The molecule has 1 aliphatic carbocycles. The van der Waals surface area contributed by atoms with Crippen LogP contribution < -0.4 is 5.32 Å². The molecule has 2 amide bonds. The van der Waals surface area contributed by atoms with Crippen LogP contribution in [-0.2, 0) is 16.0 Å². The van der Waals surface area contributed by atoms with Crippen molar-refractivity contribution in [3.8, 4) is 5.69 Å². The Bertz CT molecular complexity index is 1070. The van der Waals surface area contributed by atoms with Crippen LogP contribution in [0, 0.1) is 5.92 Å². The summed E-state index contributed by atoms with van der Waals surface area (Å²) in [6.45, 7) is 1.10. The number of rotatable bonds is 7. The van der Waals surface area contributed by atoms with Gasteiger partial charge in [0.15, 0.2) is 0 Å². The molecule has 2 aliphatic rings. The molecule has 1 aromatic heterocycles. The number of amides is 2. The van der Waals surface area contributed by atoms with Crippen molar-refractivity contribution in [1.82, 2.24) is 14.7 Å². The monoisotopic (exact) mass is 414 g/mol. The summed E-state index contributed by atoms with van der Waals surface area (Å²) in [5.41, 5.74) is 3.13. The molecule has 0 radical (unpaired) electrons. The quantitative estimate of drug-likeness (QED) is 0.640. The van der Waals surface area contributed by atoms with Gasteiger partial charge in [-0.15, -0.1) is 0 Å². The van der Waals surface area contributed by atoms with E-state index in [1.165, 1.54) is 5.56 Å². The van der Waals surface area contributed by atoms with E-state index < -0.39 is 0 Å². The first kappa shape index (κ1) is 19.5. The Morgan fingerprint density at radius 3 is 2.45 bits per heavy atom. The molecule has 2 fully saturated rings. The highest BCUT2D eigenvalue weighted by Gasteiger charge is 2.35. The van der Waals surface area contributed by atoms with Gasteiger partial charge >= 0.3 is 0 Å². The highest BCUT2D eigenvalue weighted by atomic mass is 16.2. The number of likely N-dealkylation sites (tertiary alicyclic amines) is 1. The standard InChI is InChI=1S/C25H26N4O2/c30-24-15-20(17-28(24)14-13-18-7-3-1-4-8-18)25(31)26-23-16-22(19-11-12-19)27-29(23)21-9-5-2-6-10-21/h1-10,16,19-20H,11-15,17H2,(H,26,31). The highest BCUT2D eigenvalue weighted by Crippen LogP contribution is 2.40. The summed E-state index contributed by atoms with van der Waals surface area (Å²) in [6.07, 6.45) is 3.35. The van der Waals surface area contributed by atoms with Crippen LogP contribution in [0.2, 0.25) is 0 Å². The predicted molar refractivity (Wildman–Crippen MR) is 119 cm³/mol. The summed E-state index contributed by atoms with van der Waals surface area (Å²) in [5, 5.41) is 7.79. The Labute approximate surface area is 181 Å². The van der Waals surface area contributed by atoms with Gasteiger partial charge in [-0.2, -0.15) is 5.10 Å². The average molecular weight is 415 g/mol. The van der Waals surface area contributed by atoms with Crippen LogP contribution in [0.4, 0.5) is 5.82 Å². The molecule has 31 heavy (non-hydrogen) atoms. The van der Waals surface area contributed by atoms with E-state index in [4.69, 9.17) is 5.10 Å². The second-order valence-corrected chi connectivity index (χ2v) is 8.44. The molecule has 2 aromatic carbocycles. The lowest BCUT2D eigenvalue weighted by Gasteiger charge is -2.16. The molecule has 1 atom stereocenters. The van der Waals surface area contributed by atoms with Crippen molar-refractivity contribution in [2.24, 2.45) is 5.92 Å². The topological polar surface area (TPSA) is 67.2 Å². The average Bonchev–Trinajstić information content (AvgIpc) is 3.46. The summed E-state index contributed by atoms with van der Waals surface area (Å²) in [7, 11) is 0. The number of nitrogens with one attached hydrogen (secondary N) is 1. The summed E-state index contributed by atoms with van der Waals surface area (Å²) in [6, 6.07) is 21.9. The number of aromatic nitrogens is 2. The summed E-state index contributed by atoms with van der Waals surface area (Å²) in [5.74, 6) is 0.753. The minimum Gasteiger partial charge on any atom is -0.342 e. The number of nitrogens with zero attached hydrogens (tertiary/aromatic N) is 3. The number of para-hydroxylation sites is 1. The van der Waals surface area contributed by atoms with Crippen LogP contribution in [0.25, 0.3) is 5.69 Å². The molecular weight excluding hydrogens is 388 g/mol. The Morgan fingerprint density at radius 2 is 1.74 bits per heavy atom. The molecule has 1 saturated heterocycles. The van der Waals surface area contributed by atoms with Gasteiger partial charge in [0.2, 0.25) is 11.8 Å². The Hall–Kier alpha value is -3.41. The molecule has 158 valence electrons. The first-order valence-corrected chi connectivity index (χ1v) is 11.0. The zero-order valence-electron chi connectivity index (χ0n) is 17.4. The van der Waals surface area contributed by atoms with Crippen LogP contribution in [-0.4, -0.2) is 39.6 Å². The third-order valence-electron chi connectivity index (χ3n) is 6.07. The molecule has 6 nitrogen and oxygen atoms in total. The highest BCUT2D eigenvalue weighted by molar-refractivity contribution is 5.97. The third kappa shape index (κ3) is 4.38. The zero-order chi connectivity index (χ0) is 21.2. The fourth-order valence-corrected chi connectivity index (χ4v) is 4.13. The van der Waals surface area contributed by atoms with Gasteiger partial charge in [0.1, 0.15) is 5.82 Å². The molecule has 0 spiro atoms. The van der Waals surface area contributed by atoms with Crippen LogP contribution >= 0.6 is 0 Å². The van der Waals surface area contributed by atoms with Gasteiger partial charge in [-0.3, -0.25) is 9.59 Å². The molecular formula is C25H26N4O2. The van der Waals surface area contributed by atoms with Crippen molar-refractivity contribution in [1.29, 1.82) is 0 Å². The maximum atomic E-state index is 13.0. The van der Waals surface area contributed by atoms with E-state index in [-0.39, 0.29) is 24.2 Å². The molecule has 2 heterocycles. The van der Waals surface area contributed by atoms with Crippen LogP contribution in [0.15, 0.2) is 66.7 Å². The van der Waals surface area contributed by atoms with E-state index in [9.17, 15) is 9.59 Å². The largest absolute Gasteiger partial charge is 0.342 e. The first-order chi connectivity index (χ1) is 15.2. The molecule has 1 unspecified atom stereocenters. The van der Waals surface area contributed by atoms with Gasteiger partial charge < -0.3 is 10.2 Å².